The van der Waals surface area contributed by atoms with Crippen molar-refractivity contribution in [3.05, 3.63) is 0 Å². The van der Waals surface area contributed by atoms with E-state index < -0.39 is 0 Å². The summed E-state index contributed by atoms with van der Waals surface area (Å²) in [6, 6.07) is 0. The Kier molecular flexibility index (Phi) is 3.63. The molecule has 1 aliphatic carbocycles. The van der Waals surface area contributed by atoms with Crippen LogP contribution in [0.3, 0.4) is 0 Å². The molecule has 0 aromatic heterocycles. The van der Waals surface area contributed by atoms with Crippen LogP contribution in [0.4, 0.5) is 4.79 Å². The SMILES string of the molecule is CC(C)(C)OC(=O)N1CCCC2(CC(I)C2)C1. The maximum atomic E-state index is 12.0. The van der Waals surface area contributed by atoms with E-state index in [1.165, 1.54) is 19.3 Å². The van der Waals surface area contributed by atoms with Crippen molar-refractivity contribution in [1.29, 1.82) is 0 Å². The fourth-order valence-corrected chi connectivity index (χ4v) is 4.77. The number of carbonyl (C=O) groups is 1. The van der Waals surface area contributed by atoms with Gasteiger partial charge in [0, 0.05) is 17.0 Å². The van der Waals surface area contributed by atoms with Crippen LogP contribution in [0.25, 0.3) is 0 Å². The van der Waals surface area contributed by atoms with Gasteiger partial charge in [-0.15, -0.1) is 0 Å². The van der Waals surface area contributed by atoms with E-state index in [1.54, 1.807) is 0 Å². The molecule has 2 rings (SSSR count). The number of rotatable bonds is 0. The lowest BCUT2D eigenvalue weighted by Crippen LogP contribution is -2.53. The summed E-state index contributed by atoms with van der Waals surface area (Å²) >= 11 is 2.52. The van der Waals surface area contributed by atoms with Crippen LogP contribution in [-0.2, 0) is 4.74 Å². The van der Waals surface area contributed by atoms with Gasteiger partial charge >= 0.3 is 6.09 Å². The molecule has 0 bridgehead atoms. The Morgan fingerprint density at radius 1 is 1.41 bits per heavy atom. The maximum absolute atomic E-state index is 12.0. The predicted molar refractivity (Wildman–Crippen MR) is 76.5 cm³/mol. The van der Waals surface area contributed by atoms with Crippen LogP contribution in [0.15, 0.2) is 0 Å². The van der Waals surface area contributed by atoms with Crippen molar-refractivity contribution in [2.45, 2.75) is 56.0 Å². The highest BCUT2D eigenvalue weighted by atomic mass is 127. The van der Waals surface area contributed by atoms with Crippen molar-refractivity contribution in [2.24, 2.45) is 5.41 Å². The van der Waals surface area contributed by atoms with Gasteiger partial charge in [0.25, 0.3) is 0 Å². The van der Waals surface area contributed by atoms with E-state index in [0.29, 0.717) is 5.41 Å². The number of piperidine rings is 1. The van der Waals surface area contributed by atoms with Crippen molar-refractivity contribution < 1.29 is 9.53 Å². The van der Waals surface area contributed by atoms with E-state index in [-0.39, 0.29) is 11.7 Å². The number of hydrogen-bond donors (Lipinski definition) is 0. The molecule has 0 N–H and O–H groups in total. The lowest BCUT2D eigenvalue weighted by Gasteiger charge is -2.51. The van der Waals surface area contributed by atoms with E-state index in [0.717, 1.165) is 23.4 Å². The molecular weight excluding hydrogens is 329 g/mol. The van der Waals surface area contributed by atoms with Crippen LogP contribution in [-0.4, -0.2) is 33.6 Å². The lowest BCUT2D eigenvalue weighted by molar-refractivity contribution is -0.0120. The summed E-state index contributed by atoms with van der Waals surface area (Å²) in [5, 5.41) is 0. The highest BCUT2D eigenvalue weighted by molar-refractivity contribution is 14.1. The first-order chi connectivity index (χ1) is 7.80. The molecule has 1 amide bonds. The predicted octanol–water partition coefficient (Wildman–Crippen LogP) is 3.60. The van der Waals surface area contributed by atoms with Gasteiger partial charge in [-0.05, 0) is 51.9 Å². The van der Waals surface area contributed by atoms with Gasteiger partial charge < -0.3 is 9.64 Å². The summed E-state index contributed by atoms with van der Waals surface area (Å²) in [4.78, 5) is 13.9. The summed E-state index contributed by atoms with van der Waals surface area (Å²) in [5.74, 6) is 0. The van der Waals surface area contributed by atoms with E-state index in [4.69, 9.17) is 4.74 Å². The Hall–Kier alpha value is 0. The summed E-state index contributed by atoms with van der Waals surface area (Å²) in [7, 11) is 0. The molecule has 0 atom stereocenters. The number of halogens is 1. The minimum absolute atomic E-state index is 0.131. The summed E-state index contributed by atoms with van der Waals surface area (Å²) in [6.45, 7) is 7.54. The van der Waals surface area contributed by atoms with E-state index in [9.17, 15) is 4.79 Å². The second kappa shape index (κ2) is 4.59. The van der Waals surface area contributed by atoms with Crippen LogP contribution in [0.1, 0.15) is 46.5 Å². The first-order valence-electron chi connectivity index (χ1n) is 6.42. The van der Waals surface area contributed by atoms with Crippen LogP contribution >= 0.6 is 22.6 Å². The van der Waals surface area contributed by atoms with Gasteiger partial charge in [0.1, 0.15) is 5.60 Å². The van der Waals surface area contributed by atoms with Crippen LogP contribution < -0.4 is 0 Å². The van der Waals surface area contributed by atoms with Gasteiger partial charge in [0.2, 0.25) is 0 Å². The van der Waals surface area contributed by atoms with Gasteiger partial charge in [-0.3, -0.25) is 0 Å². The zero-order valence-corrected chi connectivity index (χ0v) is 13.1. The molecule has 1 heterocycles. The zero-order chi connectivity index (χ0) is 12.7. The second-order valence-electron chi connectivity index (χ2n) is 6.51. The Morgan fingerprint density at radius 3 is 2.59 bits per heavy atom. The Morgan fingerprint density at radius 2 is 2.06 bits per heavy atom. The molecule has 0 aromatic carbocycles. The molecule has 1 aliphatic heterocycles. The first kappa shape index (κ1) is 13.4. The molecule has 1 saturated heterocycles. The van der Waals surface area contributed by atoms with Gasteiger partial charge in [-0.25, -0.2) is 4.79 Å². The fraction of sp³-hybridized carbons (Fsp3) is 0.923. The summed E-state index contributed by atoms with van der Waals surface area (Å²) in [6.07, 6.45) is 4.82. The molecule has 17 heavy (non-hydrogen) atoms. The molecule has 0 aromatic rings. The van der Waals surface area contributed by atoms with Gasteiger partial charge in [-0.1, -0.05) is 22.6 Å². The Labute approximate surface area is 117 Å². The minimum atomic E-state index is -0.382. The number of hydrogen-bond acceptors (Lipinski definition) is 2. The summed E-state index contributed by atoms with van der Waals surface area (Å²) < 4.78 is 6.26. The molecule has 0 radical (unpaired) electrons. The quantitative estimate of drug-likeness (QED) is 0.493. The topological polar surface area (TPSA) is 29.5 Å². The fourth-order valence-electron chi connectivity index (χ4n) is 2.90. The number of amides is 1. The number of alkyl halides is 1. The maximum Gasteiger partial charge on any atom is 0.410 e. The number of ether oxygens (including phenoxy) is 1. The Balaban J connectivity index is 1.91. The third-order valence-corrected chi connectivity index (χ3v) is 4.50. The summed E-state index contributed by atoms with van der Waals surface area (Å²) in [5.41, 5.74) is 0.0358. The van der Waals surface area contributed by atoms with Crippen LogP contribution in [0, 0.1) is 5.41 Å². The van der Waals surface area contributed by atoms with Gasteiger partial charge in [0.15, 0.2) is 0 Å². The average Bonchev–Trinajstić information content (AvgIpc) is 2.13. The molecule has 4 heteroatoms. The van der Waals surface area contributed by atoms with Crippen molar-refractivity contribution in [1.82, 2.24) is 4.90 Å². The van der Waals surface area contributed by atoms with Crippen LogP contribution in [0.5, 0.6) is 0 Å². The third kappa shape index (κ3) is 3.26. The number of carbonyl (C=O) groups excluding carboxylic acids is 1. The highest BCUT2D eigenvalue weighted by Gasteiger charge is 2.46. The molecular formula is C13H22INO2. The second-order valence-corrected chi connectivity index (χ2v) is 8.27. The van der Waals surface area contributed by atoms with E-state index in [1.807, 2.05) is 25.7 Å². The standard InChI is InChI=1S/C13H22INO2/c1-12(2,3)17-11(16)15-6-4-5-13(9-15)7-10(14)8-13/h10H,4-9H2,1-3H3. The lowest BCUT2D eigenvalue weighted by atomic mass is 9.64. The Bertz CT molecular complexity index is 300. The smallest absolute Gasteiger partial charge is 0.410 e. The molecule has 1 saturated carbocycles. The third-order valence-electron chi connectivity index (χ3n) is 3.62. The average molecular weight is 351 g/mol. The van der Waals surface area contributed by atoms with Crippen LogP contribution in [0.2, 0.25) is 0 Å². The molecule has 0 unspecified atom stereocenters. The molecule has 98 valence electrons. The van der Waals surface area contributed by atoms with Crippen molar-refractivity contribution in [2.75, 3.05) is 13.1 Å². The number of likely N-dealkylation sites (tertiary alicyclic amines) is 1. The zero-order valence-electron chi connectivity index (χ0n) is 11.0. The molecule has 3 nitrogen and oxygen atoms in total. The number of nitrogens with zero attached hydrogens (tertiary/aromatic N) is 1. The van der Waals surface area contributed by atoms with Gasteiger partial charge in [-0.2, -0.15) is 0 Å². The first-order valence-corrected chi connectivity index (χ1v) is 7.66. The van der Waals surface area contributed by atoms with Crippen molar-refractivity contribution >= 4 is 28.7 Å². The van der Waals surface area contributed by atoms with Gasteiger partial charge in [0.05, 0.1) is 0 Å². The highest BCUT2D eigenvalue weighted by Crippen LogP contribution is 2.50. The van der Waals surface area contributed by atoms with Crippen molar-refractivity contribution in [3.8, 4) is 0 Å². The van der Waals surface area contributed by atoms with Crippen molar-refractivity contribution in [3.63, 3.8) is 0 Å². The minimum Gasteiger partial charge on any atom is -0.444 e. The molecule has 2 aliphatic rings. The molecule has 2 fully saturated rings. The van der Waals surface area contributed by atoms with E-state index >= 15 is 0 Å². The monoisotopic (exact) mass is 351 g/mol. The largest absolute Gasteiger partial charge is 0.444 e. The van der Waals surface area contributed by atoms with E-state index in [2.05, 4.69) is 22.6 Å². The molecule has 1 spiro atoms. The normalized spacial score (nSPS) is 33.4.